The molecule has 0 aliphatic rings. The van der Waals surface area contributed by atoms with Gasteiger partial charge in [0, 0.05) is 6.42 Å². The Labute approximate surface area is 114 Å². The number of aromatic nitrogens is 3. The minimum Gasteiger partial charge on any atom is -0.330 e. The number of rotatable bonds is 6. The topological polar surface area (TPSA) is 93.8 Å². The molecule has 0 saturated carbocycles. The average molecular weight is 265 g/mol. The SMILES string of the molecule is Cc1nnc(NC(=O)CCC(C)(C)CCN)nc1C. The summed E-state index contributed by atoms with van der Waals surface area (Å²) in [6, 6.07) is 0. The number of hydrogen-bond donors (Lipinski definition) is 2. The fourth-order valence-electron chi connectivity index (χ4n) is 1.66. The van der Waals surface area contributed by atoms with Gasteiger partial charge in [-0.2, -0.15) is 5.10 Å². The van der Waals surface area contributed by atoms with E-state index in [1.165, 1.54) is 0 Å². The molecule has 106 valence electrons. The lowest BCUT2D eigenvalue weighted by Crippen LogP contribution is -2.21. The summed E-state index contributed by atoms with van der Waals surface area (Å²) in [7, 11) is 0. The summed E-state index contributed by atoms with van der Waals surface area (Å²) >= 11 is 0. The van der Waals surface area contributed by atoms with Gasteiger partial charge in [-0.1, -0.05) is 13.8 Å². The number of nitrogens with zero attached hydrogens (tertiary/aromatic N) is 3. The average Bonchev–Trinajstić information content (AvgIpc) is 2.32. The molecule has 1 heterocycles. The Balaban J connectivity index is 2.49. The lowest BCUT2D eigenvalue weighted by Gasteiger charge is -2.23. The van der Waals surface area contributed by atoms with Crippen LogP contribution in [0, 0.1) is 19.3 Å². The van der Waals surface area contributed by atoms with Crippen molar-refractivity contribution in [1.82, 2.24) is 15.2 Å². The van der Waals surface area contributed by atoms with Crippen molar-refractivity contribution in [3.63, 3.8) is 0 Å². The first-order chi connectivity index (χ1) is 8.84. The first-order valence-corrected chi connectivity index (χ1v) is 6.52. The van der Waals surface area contributed by atoms with Gasteiger partial charge in [0.25, 0.3) is 0 Å². The molecule has 0 fully saturated rings. The molecule has 0 radical (unpaired) electrons. The van der Waals surface area contributed by atoms with Crippen LogP contribution in [0.1, 0.15) is 44.5 Å². The molecule has 1 aromatic heterocycles. The van der Waals surface area contributed by atoms with E-state index in [2.05, 4.69) is 34.3 Å². The zero-order chi connectivity index (χ0) is 14.5. The molecular weight excluding hydrogens is 242 g/mol. The largest absolute Gasteiger partial charge is 0.330 e. The Hall–Kier alpha value is -1.56. The highest BCUT2D eigenvalue weighted by Gasteiger charge is 2.18. The van der Waals surface area contributed by atoms with Crippen LogP contribution in [-0.4, -0.2) is 27.6 Å². The summed E-state index contributed by atoms with van der Waals surface area (Å²) in [4.78, 5) is 16.0. The zero-order valence-electron chi connectivity index (χ0n) is 12.2. The van der Waals surface area contributed by atoms with Crippen molar-refractivity contribution in [2.75, 3.05) is 11.9 Å². The molecule has 1 amide bonds. The minimum absolute atomic E-state index is 0.0778. The second kappa shape index (κ2) is 6.56. The van der Waals surface area contributed by atoms with Crippen LogP contribution in [0.5, 0.6) is 0 Å². The van der Waals surface area contributed by atoms with Gasteiger partial charge in [0.05, 0.1) is 11.4 Å². The summed E-state index contributed by atoms with van der Waals surface area (Å²) in [6.45, 7) is 8.53. The Morgan fingerprint density at radius 3 is 2.47 bits per heavy atom. The Morgan fingerprint density at radius 1 is 1.21 bits per heavy atom. The van der Waals surface area contributed by atoms with E-state index < -0.39 is 0 Å². The molecule has 0 bridgehead atoms. The van der Waals surface area contributed by atoms with Crippen LogP contribution in [-0.2, 0) is 4.79 Å². The standard InChI is InChI=1S/C13H23N5O/c1-9-10(2)17-18-12(15-9)16-11(19)5-6-13(3,4)7-8-14/h5-8,14H2,1-4H3,(H,15,16,18,19). The summed E-state index contributed by atoms with van der Waals surface area (Å²) in [5, 5.41) is 10.4. The highest BCUT2D eigenvalue weighted by molar-refractivity contribution is 5.88. The van der Waals surface area contributed by atoms with E-state index in [4.69, 9.17) is 5.73 Å². The monoisotopic (exact) mass is 265 g/mol. The predicted molar refractivity (Wildman–Crippen MR) is 74.6 cm³/mol. The van der Waals surface area contributed by atoms with Gasteiger partial charge in [0.2, 0.25) is 11.9 Å². The molecule has 0 atom stereocenters. The molecule has 6 nitrogen and oxygen atoms in total. The summed E-state index contributed by atoms with van der Waals surface area (Å²) in [6.07, 6.45) is 2.12. The van der Waals surface area contributed by atoms with Crippen molar-refractivity contribution in [2.45, 2.75) is 47.0 Å². The van der Waals surface area contributed by atoms with E-state index in [1.54, 1.807) is 0 Å². The molecule has 0 aliphatic heterocycles. The first kappa shape index (κ1) is 15.5. The Morgan fingerprint density at radius 2 is 1.89 bits per heavy atom. The quantitative estimate of drug-likeness (QED) is 0.814. The number of nitrogens with one attached hydrogen (secondary N) is 1. The van der Waals surface area contributed by atoms with Crippen molar-refractivity contribution in [2.24, 2.45) is 11.1 Å². The summed E-state index contributed by atoms with van der Waals surface area (Å²) < 4.78 is 0. The van der Waals surface area contributed by atoms with Crippen molar-refractivity contribution < 1.29 is 4.79 Å². The van der Waals surface area contributed by atoms with E-state index in [1.807, 2.05) is 13.8 Å². The number of nitrogens with two attached hydrogens (primary N) is 1. The van der Waals surface area contributed by atoms with Crippen LogP contribution in [0.25, 0.3) is 0 Å². The molecular formula is C13H23N5O. The van der Waals surface area contributed by atoms with Gasteiger partial charge in [0.1, 0.15) is 0 Å². The molecule has 6 heteroatoms. The highest BCUT2D eigenvalue weighted by Crippen LogP contribution is 2.25. The maximum atomic E-state index is 11.8. The van der Waals surface area contributed by atoms with Crippen LogP contribution in [0.4, 0.5) is 5.95 Å². The van der Waals surface area contributed by atoms with Gasteiger partial charge in [0.15, 0.2) is 0 Å². The lowest BCUT2D eigenvalue weighted by atomic mass is 9.84. The number of carbonyl (C=O) groups is 1. The van der Waals surface area contributed by atoms with Gasteiger partial charge in [-0.3, -0.25) is 10.1 Å². The number of hydrogen-bond acceptors (Lipinski definition) is 5. The van der Waals surface area contributed by atoms with Crippen molar-refractivity contribution in [1.29, 1.82) is 0 Å². The smallest absolute Gasteiger partial charge is 0.249 e. The molecule has 1 aromatic rings. The number of aryl methyl sites for hydroxylation is 2. The third kappa shape index (κ3) is 5.30. The minimum atomic E-state index is -0.0878. The van der Waals surface area contributed by atoms with Crippen LogP contribution in [0.15, 0.2) is 0 Å². The van der Waals surface area contributed by atoms with Gasteiger partial charge < -0.3 is 5.73 Å². The van der Waals surface area contributed by atoms with E-state index in [9.17, 15) is 4.79 Å². The predicted octanol–water partition coefficient (Wildman–Crippen LogP) is 1.58. The van der Waals surface area contributed by atoms with Crippen LogP contribution in [0.3, 0.4) is 0 Å². The summed E-state index contributed by atoms with van der Waals surface area (Å²) in [5.41, 5.74) is 7.16. The number of anilines is 1. The molecule has 0 saturated heterocycles. The zero-order valence-corrected chi connectivity index (χ0v) is 12.2. The van der Waals surface area contributed by atoms with Gasteiger partial charge >= 0.3 is 0 Å². The molecule has 19 heavy (non-hydrogen) atoms. The van der Waals surface area contributed by atoms with Crippen molar-refractivity contribution in [3.8, 4) is 0 Å². The van der Waals surface area contributed by atoms with Gasteiger partial charge in [-0.05, 0) is 38.6 Å². The van der Waals surface area contributed by atoms with Crippen LogP contribution >= 0.6 is 0 Å². The highest BCUT2D eigenvalue weighted by atomic mass is 16.1. The molecule has 0 unspecified atom stereocenters. The van der Waals surface area contributed by atoms with Gasteiger partial charge in [-0.15, -0.1) is 5.10 Å². The summed E-state index contributed by atoms with van der Waals surface area (Å²) in [5.74, 6) is 0.180. The fraction of sp³-hybridized carbons (Fsp3) is 0.692. The van der Waals surface area contributed by atoms with Crippen LogP contribution in [0.2, 0.25) is 0 Å². The molecule has 0 spiro atoms. The molecule has 3 N–H and O–H groups in total. The third-order valence-electron chi connectivity index (χ3n) is 3.19. The van der Waals surface area contributed by atoms with Crippen molar-refractivity contribution >= 4 is 11.9 Å². The lowest BCUT2D eigenvalue weighted by molar-refractivity contribution is -0.116. The number of carbonyl (C=O) groups excluding carboxylic acids is 1. The fourth-order valence-corrected chi connectivity index (χ4v) is 1.66. The Kier molecular flexibility index (Phi) is 5.35. The van der Waals surface area contributed by atoms with Crippen LogP contribution < -0.4 is 11.1 Å². The maximum Gasteiger partial charge on any atom is 0.249 e. The van der Waals surface area contributed by atoms with E-state index in [0.717, 1.165) is 24.2 Å². The van der Waals surface area contributed by atoms with E-state index >= 15 is 0 Å². The van der Waals surface area contributed by atoms with E-state index in [-0.39, 0.29) is 17.3 Å². The maximum absolute atomic E-state index is 11.8. The van der Waals surface area contributed by atoms with Crippen molar-refractivity contribution in [3.05, 3.63) is 11.4 Å². The second-order valence-electron chi connectivity index (χ2n) is 5.56. The second-order valence-corrected chi connectivity index (χ2v) is 5.56. The molecule has 1 rings (SSSR count). The number of amides is 1. The third-order valence-corrected chi connectivity index (χ3v) is 3.19. The van der Waals surface area contributed by atoms with Gasteiger partial charge in [-0.25, -0.2) is 4.98 Å². The molecule has 0 aromatic carbocycles. The first-order valence-electron chi connectivity index (χ1n) is 6.52. The van der Waals surface area contributed by atoms with E-state index in [0.29, 0.717) is 13.0 Å². The molecule has 0 aliphatic carbocycles. The Bertz CT molecular complexity index is 445. The normalized spacial score (nSPS) is 11.4.